The van der Waals surface area contributed by atoms with Crippen LogP contribution in [0.2, 0.25) is 0 Å². The van der Waals surface area contributed by atoms with Gasteiger partial charge < -0.3 is 11.1 Å². The minimum atomic E-state index is -3.43. The van der Waals surface area contributed by atoms with E-state index in [4.69, 9.17) is 10.9 Å². The van der Waals surface area contributed by atoms with E-state index >= 15 is 0 Å². The lowest BCUT2D eigenvalue weighted by molar-refractivity contribution is 0.596. The first-order chi connectivity index (χ1) is 7.45. The Hall–Kier alpha value is -0.0900. The highest BCUT2D eigenvalue weighted by Crippen LogP contribution is 1.98. The lowest BCUT2D eigenvalue weighted by atomic mass is 10.2. The summed E-state index contributed by atoms with van der Waals surface area (Å²) in [6.45, 7) is 3.02. The fourth-order valence-corrected chi connectivity index (χ4v) is 1.50. The molecule has 0 rings (SSSR count). The van der Waals surface area contributed by atoms with Crippen molar-refractivity contribution in [2.24, 2.45) is 15.9 Å². The second-order valence-corrected chi connectivity index (χ2v) is 5.36. The molecular weight excluding hydrogens is 355 g/mol. The number of unbranched alkanes of at least 4 members (excludes halogenated alkanes) is 3. The molecular formula is C9H23IN4O2S. The number of hydrogen-bond acceptors (Lipinski definition) is 3. The Morgan fingerprint density at radius 2 is 1.94 bits per heavy atom. The minimum Gasteiger partial charge on any atom is -0.370 e. The molecule has 0 aliphatic heterocycles. The monoisotopic (exact) mass is 378 g/mol. The molecule has 5 N–H and O–H groups in total. The molecule has 0 heterocycles. The molecule has 0 radical (unpaired) electrons. The maximum Gasteiger partial charge on any atom is 0.210 e. The van der Waals surface area contributed by atoms with Gasteiger partial charge in [0.15, 0.2) is 5.96 Å². The Bertz CT molecular complexity index is 306. The van der Waals surface area contributed by atoms with Crippen LogP contribution in [0.4, 0.5) is 0 Å². The molecule has 0 aromatic carbocycles. The van der Waals surface area contributed by atoms with E-state index in [2.05, 4.69) is 17.2 Å². The van der Waals surface area contributed by atoms with Gasteiger partial charge in [0.1, 0.15) is 0 Å². The first-order valence-electron chi connectivity index (χ1n) is 5.50. The summed E-state index contributed by atoms with van der Waals surface area (Å²) >= 11 is 0. The van der Waals surface area contributed by atoms with Crippen molar-refractivity contribution in [1.82, 2.24) is 5.32 Å². The van der Waals surface area contributed by atoms with Gasteiger partial charge in [0, 0.05) is 13.1 Å². The summed E-state index contributed by atoms with van der Waals surface area (Å²) in [5.74, 6) is 0.138. The third-order valence-corrected chi connectivity index (χ3v) is 2.76. The summed E-state index contributed by atoms with van der Waals surface area (Å²) in [6, 6.07) is 0. The topological polar surface area (TPSA) is 111 Å². The number of guanidine groups is 1. The molecule has 6 nitrogen and oxygen atoms in total. The van der Waals surface area contributed by atoms with Gasteiger partial charge in [-0.15, -0.1) is 24.0 Å². The standard InChI is InChI=1S/C9H22N4O2S.HI/c1-2-3-4-5-6-12-9(10)13-7-8-16(11,14)15;/h2-8H2,1H3,(H3,10,12,13)(H2,11,14,15);1H. The maximum atomic E-state index is 10.6. The molecule has 0 aliphatic carbocycles. The van der Waals surface area contributed by atoms with Gasteiger partial charge in [0.2, 0.25) is 10.0 Å². The van der Waals surface area contributed by atoms with Crippen molar-refractivity contribution < 1.29 is 8.42 Å². The van der Waals surface area contributed by atoms with Crippen LogP contribution < -0.4 is 16.2 Å². The highest BCUT2D eigenvalue weighted by molar-refractivity contribution is 14.0. The summed E-state index contributed by atoms with van der Waals surface area (Å²) < 4.78 is 21.2. The number of halogens is 1. The van der Waals surface area contributed by atoms with Crippen molar-refractivity contribution in [2.75, 3.05) is 18.8 Å². The van der Waals surface area contributed by atoms with Gasteiger partial charge in [-0.3, -0.25) is 4.99 Å². The normalized spacial score (nSPS) is 12.0. The van der Waals surface area contributed by atoms with Gasteiger partial charge in [0.05, 0.1) is 5.75 Å². The van der Waals surface area contributed by atoms with Crippen LogP contribution in [0.3, 0.4) is 0 Å². The number of sulfonamides is 1. The number of aliphatic imine (C=N–C) groups is 1. The fraction of sp³-hybridized carbons (Fsp3) is 0.889. The first-order valence-corrected chi connectivity index (χ1v) is 7.21. The molecule has 0 saturated carbocycles. The van der Waals surface area contributed by atoms with E-state index in [9.17, 15) is 8.42 Å². The van der Waals surface area contributed by atoms with Crippen LogP contribution in [-0.4, -0.2) is 33.2 Å². The van der Waals surface area contributed by atoms with Gasteiger partial charge in [-0.05, 0) is 6.42 Å². The molecule has 0 aromatic rings. The summed E-state index contributed by atoms with van der Waals surface area (Å²) in [4.78, 5) is 4.06. The number of nitrogens with two attached hydrogens (primary N) is 2. The molecule has 0 spiro atoms. The highest BCUT2D eigenvalue weighted by atomic mass is 127. The first kappa shape index (κ1) is 19.3. The van der Waals surface area contributed by atoms with Crippen LogP contribution in [0.5, 0.6) is 0 Å². The van der Waals surface area contributed by atoms with E-state index in [0.29, 0.717) is 6.54 Å². The predicted octanol–water partition coefficient (Wildman–Crippen LogP) is 0.378. The van der Waals surface area contributed by atoms with Gasteiger partial charge in [-0.1, -0.05) is 26.2 Å². The zero-order valence-electron chi connectivity index (χ0n) is 10.2. The zero-order chi connectivity index (χ0) is 12.4. The van der Waals surface area contributed by atoms with E-state index < -0.39 is 10.0 Å². The number of nitrogens with one attached hydrogen (secondary N) is 1. The third-order valence-electron chi connectivity index (χ3n) is 1.99. The van der Waals surface area contributed by atoms with E-state index in [1.54, 1.807) is 0 Å². The smallest absolute Gasteiger partial charge is 0.210 e. The molecule has 17 heavy (non-hydrogen) atoms. The fourth-order valence-electron chi connectivity index (χ4n) is 1.12. The van der Waals surface area contributed by atoms with Crippen molar-refractivity contribution >= 4 is 40.0 Å². The van der Waals surface area contributed by atoms with Crippen LogP contribution >= 0.6 is 24.0 Å². The largest absolute Gasteiger partial charge is 0.370 e. The molecule has 8 heteroatoms. The quantitative estimate of drug-likeness (QED) is 0.245. The summed E-state index contributed by atoms with van der Waals surface area (Å²) in [5.41, 5.74) is 5.52. The minimum absolute atomic E-state index is 0. The van der Waals surface area contributed by atoms with Gasteiger partial charge in [-0.2, -0.15) is 0 Å². The maximum absolute atomic E-state index is 10.6. The lowest BCUT2D eigenvalue weighted by Gasteiger charge is -2.04. The highest BCUT2D eigenvalue weighted by Gasteiger charge is 2.01. The summed E-state index contributed by atoms with van der Waals surface area (Å²) in [7, 11) is -3.43. The van der Waals surface area contributed by atoms with Crippen LogP contribution in [0.15, 0.2) is 4.99 Å². The molecule has 0 unspecified atom stereocenters. The number of primary sulfonamides is 1. The molecule has 104 valence electrons. The Labute approximate surface area is 121 Å². The predicted molar refractivity (Wildman–Crippen MR) is 82.0 cm³/mol. The molecule has 0 bridgehead atoms. The number of hydrogen-bond donors (Lipinski definition) is 3. The number of rotatable bonds is 8. The molecule has 0 aromatic heterocycles. The van der Waals surface area contributed by atoms with Crippen molar-refractivity contribution in [2.45, 2.75) is 32.6 Å². The van der Waals surface area contributed by atoms with Gasteiger partial charge in [-0.25, -0.2) is 13.6 Å². The average molecular weight is 378 g/mol. The van der Waals surface area contributed by atoms with Crippen molar-refractivity contribution in [3.8, 4) is 0 Å². The van der Waals surface area contributed by atoms with Crippen LogP contribution in [0.1, 0.15) is 32.6 Å². The third kappa shape index (κ3) is 15.9. The Morgan fingerprint density at radius 1 is 1.29 bits per heavy atom. The van der Waals surface area contributed by atoms with E-state index in [1.807, 2.05) is 0 Å². The average Bonchev–Trinajstić information content (AvgIpc) is 2.15. The second-order valence-electron chi connectivity index (χ2n) is 3.62. The van der Waals surface area contributed by atoms with E-state index in [1.165, 1.54) is 12.8 Å². The van der Waals surface area contributed by atoms with Crippen LogP contribution in [0.25, 0.3) is 0 Å². The summed E-state index contributed by atoms with van der Waals surface area (Å²) in [5, 5.41) is 7.53. The lowest BCUT2D eigenvalue weighted by Crippen LogP contribution is -2.36. The van der Waals surface area contributed by atoms with Crippen LogP contribution in [0, 0.1) is 0 Å². The van der Waals surface area contributed by atoms with Gasteiger partial charge in [0.25, 0.3) is 0 Å². The molecule has 0 amide bonds. The molecule has 0 aliphatic rings. The summed E-state index contributed by atoms with van der Waals surface area (Å²) in [6.07, 6.45) is 4.54. The van der Waals surface area contributed by atoms with E-state index in [0.717, 1.165) is 12.8 Å². The molecule has 0 atom stereocenters. The molecule has 0 fully saturated rings. The van der Waals surface area contributed by atoms with Crippen molar-refractivity contribution in [3.05, 3.63) is 0 Å². The van der Waals surface area contributed by atoms with Crippen molar-refractivity contribution in [3.63, 3.8) is 0 Å². The molecule has 0 saturated heterocycles. The van der Waals surface area contributed by atoms with Crippen molar-refractivity contribution in [1.29, 1.82) is 0 Å². The SMILES string of the molecule is CCCCCCN=C(N)NCCS(N)(=O)=O.I. The number of nitrogens with zero attached hydrogens (tertiary/aromatic N) is 1. The second kappa shape index (κ2) is 11.0. The van der Waals surface area contributed by atoms with Crippen LogP contribution in [-0.2, 0) is 10.0 Å². The van der Waals surface area contributed by atoms with E-state index in [-0.39, 0.29) is 42.2 Å². The Balaban J connectivity index is 0. The Morgan fingerprint density at radius 3 is 2.47 bits per heavy atom. The Kier molecular flexibility index (Phi) is 12.5. The zero-order valence-corrected chi connectivity index (χ0v) is 13.3. The van der Waals surface area contributed by atoms with Gasteiger partial charge >= 0.3 is 0 Å².